The van der Waals surface area contributed by atoms with E-state index in [-0.39, 0.29) is 0 Å². The summed E-state index contributed by atoms with van der Waals surface area (Å²) >= 11 is 0. The van der Waals surface area contributed by atoms with Crippen molar-refractivity contribution < 1.29 is 0 Å². The molecule has 4 heteroatoms. The minimum absolute atomic E-state index is 0.473. The van der Waals surface area contributed by atoms with Gasteiger partial charge in [-0.2, -0.15) is 5.10 Å². The standard InChI is InChI=1S/C12H16N4/c1-8-4-5-11(7-13)12(14-8)16-10(3)6-9(2)15-16/h4-6H,7,13H2,1-3H3. The number of hydrogen-bond acceptors (Lipinski definition) is 3. The van der Waals surface area contributed by atoms with Crippen LogP contribution in [-0.4, -0.2) is 14.8 Å². The number of aryl methyl sites for hydroxylation is 3. The monoisotopic (exact) mass is 216 g/mol. The van der Waals surface area contributed by atoms with Gasteiger partial charge in [-0.25, -0.2) is 9.67 Å². The summed E-state index contributed by atoms with van der Waals surface area (Å²) in [6.45, 7) is 6.43. The zero-order valence-corrected chi connectivity index (χ0v) is 9.86. The maximum atomic E-state index is 5.71. The molecule has 0 atom stereocenters. The van der Waals surface area contributed by atoms with Crippen LogP contribution >= 0.6 is 0 Å². The Kier molecular flexibility index (Phi) is 2.75. The van der Waals surface area contributed by atoms with Gasteiger partial charge in [0.1, 0.15) is 0 Å². The summed E-state index contributed by atoms with van der Waals surface area (Å²) < 4.78 is 1.85. The summed E-state index contributed by atoms with van der Waals surface area (Å²) in [5.74, 6) is 0.841. The lowest BCUT2D eigenvalue weighted by Gasteiger charge is -2.09. The Morgan fingerprint density at radius 3 is 2.50 bits per heavy atom. The van der Waals surface area contributed by atoms with E-state index in [1.165, 1.54) is 0 Å². The van der Waals surface area contributed by atoms with Crippen molar-refractivity contribution in [2.24, 2.45) is 5.73 Å². The second kappa shape index (κ2) is 4.06. The fraction of sp³-hybridized carbons (Fsp3) is 0.333. The molecule has 0 bridgehead atoms. The Bertz CT molecular complexity index is 514. The largest absolute Gasteiger partial charge is 0.326 e. The minimum atomic E-state index is 0.473. The Hall–Kier alpha value is -1.68. The van der Waals surface area contributed by atoms with Crippen molar-refractivity contribution in [3.63, 3.8) is 0 Å². The topological polar surface area (TPSA) is 56.7 Å². The number of rotatable bonds is 2. The zero-order valence-electron chi connectivity index (χ0n) is 9.86. The average molecular weight is 216 g/mol. The van der Waals surface area contributed by atoms with Gasteiger partial charge in [-0.3, -0.25) is 0 Å². The Labute approximate surface area is 95.1 Å². The normalized spacial score (nSPS) is 10.8. The molecule has 84 valence electrons. The van der Waals surface area contributed by atoms with E-state index in [4.69, 9.17) is 5.73 Å². The highest BCUT2D eigenvalue weighted by Gasteiger charge is 2.09. The number of nitrogens with zero attached hydrogens (tertiary/aromatic N) is 3. The smallest absolute Gasteiger partial charge is 0.158 e. The van der Waals surface area contributed by atoms with Crippen molar-refractivity contribution in [2.75, 3.05) is 0 Å². The predicted octanol–water partition coefficient (Wildman–Crippen LogP) is 1.65. The number of nitrogens with two attached hydrogens (primary N) is 1. The van der Waals surface area contributed by atoms with Gasteiger partial charge in [0.15, 0.2) is 5.82 Å². The lowest BCUT2D eigenvalue weighted by molar-refractivity contribution is 0.784. The van der Waals surface area contributed by atoms with Crippen LogP contribution in [0, 0.1) is 20.8 Å². The highest BCUT2D eigenvalue weighted by atomic mass is 15.3. The maximum Gasteiger partial charge on any atom is 0.158 e. The third-order valence-corrected chi connectivity index (χ3v) is 2.53. The molecule has 0 saturated carbocycles. The van der Waals surface area contributed by atoms with Crippen LogP contribution in [0.3, 0.4) is 0 Å². The van der Waals surface area contributed by atoms with Crippen LogP contribution in [-0.2, 0) is 6.54 Å². The van der Waals surface area contributed by atoms with E-state index in [0.29, 0.717) is 6.54 Å². The van der Waals surface area contributed by atoms with Crippen molar-refractivity contribution in [3.05, 3.63) is 40.8 Å². The molecule has 2 heterocycles. The SMILES string of the molecule is Cc1ccc(CN)c(-n2nc(C)cc2C)n1. The highest BCUT2D eigenvalue weighted by molar-refractivity contribution is 5.36. The molecule has 16 heavy (non-hydrogen) atoms. The van der Waals surface area contributed by atoms with Crippen LogP contribution in [0.25, 0.3) is 5.82 Å². The van der Waals surface area contributed by atoms with E-state index in [1.807, 2.05) is 43.7 Å². The molecule has 0 aromatic carbocycles. The third kappa shape index (κ3) is 1.84. The lowest BCUT2D eigenvalue weighted by Crippen LogP contribution is -2.10. The molecule has 0 fully saturated rings. The van der Waals surface area contributed by atoms with Crippen molar-refractivity contribution in [3.8, 4) is 5.82 Å². The summed E-state index contributed by atoms with van der Waals surface area (Å²) in [7, 11) is 0. The van der Waals surface area contributed by atoms with Crippen molar-refractivity contribution in [2.45, 2.75) is 27.3 Å². The zero-order chi connectivity index (χ0) is 11.7. The fourth-order valence-corrected chi connectivity index (χ4v) is 1.76. The van der Waals surface area contributed by atoms with Gasteiger partial charge < -0.3 is 5.73 Å². The molecular formula is C12H16N4. The van der Waals surface area contributed by atoms with E-state index >= 15 is 0 Å². The highest BCUT2D eigenvalue weighted by Crippen LogP contribution is 2.15. The van der Waals surface area contributed by atoms with Gasteiger partial charge in [0.05, 0.1) is 5.69 Å². The van der Waals surface area contributed by atoms with Crippen LogP contribution in [0.2, 0.25) is 0 Å². The van der Waals surface area contributed by atoms with E-state index in [2.05, 4.69) is 10.1 Å². The molecule has 0 spiro atoms. The molecule has 0 amide bonds. The molecule has 0 aliphatic rings. The second-order valence-electron chi connectivity index (χ2n) is 3.98. The summed E-state index contributed by atoms with van der Waals surface area (Å²) in [6.07, 6.45) is 0. The first-order chi connectivity index (χ1) is 7.61. The summed E-state index contributed by atoms with van der Waals surface area (Å²) in [5.41, 5.74) is 9.76. The third-order valence-electron chi connectivity index (χ3n) is 2.53. The Morgan fingerprint density at radius 1 is 1.19 bits per heavy atom. The first-order valence-electron chi connectivity index (χ1n) is 5.32. The van der Waals surface area contributed by atoms with E-state index < -0.39 is 0 Å². The van der Waals surface area contributed by atoms with Crippen molar-refractivity contribution >= 4 is 0 Å². The molecule has 0 saturated heterocycles. The molecule has 0 radical (unpaired) electrons. The molecule has 2 rings (SSSR count). The van der Waals surface area contributed by atoms with Gasteiger partial charge in [-0.05, 0) is 32.9 Å². The first kappa shape index (κ1) is 10.8. The van der Waals surface area contributed by atoms with E-state index in [0.717, 1.165) is 28.5 Å². The van der Waals surface area contributed by atoms with E-state index in [9.17, 15) is 0 Å². The van der Waals surface area contributed by atoms with Crippen LogP contribution in [0.15, 0.2) is 18.2 Å². The van der Waals surface area contributed by atoms with Crippen LogP contribution in [0.5, 0.6) is 0 Å². The molecule has 4 nitrogen and oxygen atoms in total. The number of aromatic nitrogens is 3. The molecule has 0 aliphatic heterocycles. The average Bonchev–Trinajstić information content (AvgIpc) is 2.57. The molecule has 2 N–H and O–H groups in total. The van der Waals surface area contributed by atoms with Crippen molar-refractivity contribution in [1.29, 1.82) is 0 Å². The molecule has 0 aliphatic carbocycles. The summed E-state index contributed by atoms with van der Waals surface area (Å²) in [6, 6.07) is 6.01. The number of pyridine rings is 1. The predicted molar refractivity (Wildman–Crippen MR) is 63.5 cm³/mol. The van der Waals surface area contributed by atoms with Crippen molar-refractivity contribution in [1.82, 2.24) is 14.8 Å². The molecular weight excluding hydrogens is 200 g/mol. The molecule has 2 aromatic rings. The minimum Gasteiger partial charge on any atom is -0.326 e. The van der Waals surface area contributed by atoms with Crippen LogP contribution in [0.1, 0.15) is 22.6 Å². The van der Waals surface area contributed by atoms with E-state index in [1.54, 1.807) is 0 Å². The molecule has 2 aromatic heterocycles. The van der Waals surface area contributed by atoms with Gasteiger partial charge in [0.2, 0.25) is 0 Å². The van der Waals surface area contributed by atoms with Crippen LogP contribution in [0.4, 0.5) is 0 Å². The van der Waals surface area contributed by atoms with Gasteiger partial charge in [0, 0.05) is 23.5 Å². The second-order valence-corrected chi connectivity index (χ2v) is 3.98. The van der Waals surface area contributed by atoms with Gasteiger partial charge in [0.25, 0.3) is 0 Å². The Morgan fingerprint density at radius 2 is 1.94 bits per heavy atom. The quantitative estimate of drug-likeness (QED) is 0.830. The van der Waals surface area contributed by atoms with Gasteiger partial charge in [-0.15, -0.1) is 0 Å². The fourth-order valence-electron chi connectivity index (χ4n) is 1.76. The van der Waals surface area contributed by atoms with Crippen LogP contribution < -0.4 is 5.73 Å². The number of hydrogen-bond donors (Lipinski definition) is 1. The maximum absolute atomic E-state index is 5.71. The Balaban J connectivity index is 2.62. The lowest BCUT2D eigenvalue weighted by atomic mass is 10.2. The van der Waals surface area contributed by atoms with Gasteiger partial charge >= 0.3 is 0 Å². The molecule has 0 unspecified atom stereocenters. The summed E-state index contributed by atoms with van der Waals surface area (Å²) in [4.78, 5) is 4.51. The first-order valence-corrected chi connectivity index (χ1v) is 5.32. The summed E-state index contributed by atoms with van der Waals surface area (Å²) in [5, 5.41) is 4.43. The van der Waals surface area contributed by atoms with Gasteiger partial charge in [-0.1, -0.05) is 6.07 Å².